The van der Waals surface area contributed by atoms with Crippen molar-refractivity contribution in [3.63, 3.8) is 0 Å². The number of rotatable bonds is 4. The van der Waals surface area contributed by atoms with E-state index in [1.165, 1.54) is 0 Å². The molecular weight excluding hydrogens is 333 g/mol. The molecule has 1 atom stereocenters. The number of ether oxygens (including phenoxy) is 1. The van der Waals surface area contributed by atoms with E-state index in [1.54, 1.807) is 13.8 Å². The number of halogens is 3. The maximum atomic E-state index is 12.4. The second kappa shape index (κ2) is 6.04. The van der Waals surface area contributed by atoms with E-state index in [-0.39, 0.29) is 19.4 Å². The molecule has 0 saturated carbocycles. The second-order valence-corrected chi connectivity index (χ2v) is 6.23. The van der Waals surface area contributed by atoms with Gasteiger partial charge >= 0.3 is 12.1 Å². The summed E-state index contributed by atoms with van der Waals surface area (Å²) in [5.74, 6) is -3.36. The SMILES string of the molecule is CC1(C)CC(NC(=O)Cn2cnc(C(F)(F)F)n2)(C(=O)O)CCO1. The van der Waals surface area contributed by atoms with E-state index >= 15 is 0 Å². The predicted octanol–water partition coefficient (Wildman–Crippen LogP) is 0.825. The molecule has 2 heterocycles. The first-order chi connectivity index (χ1) is 10.9. The molecule has 1 saturated heterocycles. The highest BCUT2D eigenvalue weighted by atomic mass is 19.4. The average molecular weight is 350 g/mol. The Kier molecular flexibility index (Phi) is 4.57. The molecule has 134 valence electrons. The molecule has 8 nitrogen and oxygen atoms in total. The van der Waals surface area contributed by atoms with Gasteiger partial charge in [-0.1, -0.05) is 0 Å². The Bertz CT molecular complexity index is 643. The third-order valence-electron chi connectivity index (χ3n) is 3.63. The molecule has 1 unspecified atom stereocenters. The molecule has 1 aromatic rings. The van der Waals surface area contributed by atoms with Crippen molar-refractivity contribution in [2.45, 2.75) is 50.6 Å². The topological polar surface area (TPSA) is 106 Å². The van der Waals surface area contributed by atoms with Crippen LogP contribution in [0.3, 0.4) is 0 Å². The summed E-state index contributed by atoms with van der Waals surface area (Å²) in [6, 6.07) is 0. The Labute approximate surface area is 135 Å². The number of hydrogen-bond acceptors (Lipinski definition) is 5. The monoisotopic (exact) mass is 350 g/mol. The van der Waals surface area contributed by atoms with E-state index in [4.69, 9.17) is 4.74 Å². The van der Waals surface area contributed by atoms with Gasteiger partial charge in [0.15, 0.2) is 0 Å². The van der Waals surface area contributed by atoms with Crippen LogP contribution in [0.4, 0.5) is 13.2 Å². The van der Waals surface area contributed by atoms with Gasteiger partial charge in [-0.05, 0) is 13.8 Å². The first-order valence-corrected chi connectivity index (χ1v) is 7.09. The molecule has 1 fully saturated rings. The number of carboxylic acids is 1. The summed E-state index contributed by atoms with van der Waals surface area (Å²) in [4.78, 5) is 26.8. The molecular formula is C13H17F3N4O4. The number of carboxylic acid groups (broad SMARTS) is 1. The molecule has 2 N–H and O–H groups in total. The lowest BCUT2D eigenvalue weighted by molar-refractivity contribution is -0.161. The molecule has 0 bridgehead atoms. The van der Waals surface area contributed by atoms with Crippen LogP contribution in [0.5, 0.6) is 0 Å². The van der Waals surface area contributed by atoms with Gasteiger partial charge in [0, 0.05) is 12.8 Å². The first-order valence-electron chi connectivity index (χ1n) is 7.09. The molecule has 24 heavy (non-hydrogen) atoms. The number of carbonyl (C=O) groups excluding carboxylic acids is 1. The van der Waals surface area contributed by atoms with Crippen LogP contribution in [0.25, 0.3) is 0 Å². The molecule has 0 spiro atoms. The molecule has 11 heteroatoms. The quantitative estimate of drug-likeness (QED) is 0.833. The van der Waals surface area contributed by atoms with Crippen molar-refractivity contribution >= 4 is 11.9 Å². The largest absolute Gasteiger partial charge is 0.480 e. The lowest BCUT2D eigenvalue weighted by Gasteiger charge is -2.42. The fourth-order valence-electron chi connectivity index (χ4n) is 2.66. The van der Waals surface area contributed by atoms with Gasteiger partial charge in [0.1, 0.15) is 18.4 Å². The lowest BCUT2D eigenvalue weighted by Crippen LogP contribution is -2.61. The Morgan fingerprint density at radius 3 is 2.62 bits per heavy atom. The Balaban J connectivity index is 2.09. The molecule has 2 rings (SSSR count). The molecule has 0 aliphatic carbocycles. The van der Waals surface area contributed by atoms with E-state index in [1.807, 2.05) is 0 Å². The zero-order chi connectivity index (χ0) is 18.2. The highest BCUT2D eigenvalue weighted by Crippen LogP contribution is 2.32. The third-order valence-corrected chi connectivity index (χ3v) is 3.63. The fraction of sp³-hybridized carbons (Fsp3) is 0.692. The number of aromatic nitrogens is 3. The van der Waals surface area contributed by atoms with Crippen molar-refractivity contribution in [2.24, 2.45) is 0 Å². The molecule has 1 aromatic heterocycles. The first kappa shape index (κ1) is 18.2. The summed E-state index contributed by atoms with van der Waals surface area (Å²) in [5, 5.41) is 15.0. The van der Waals surface area contributed by atoms with Gasteiger partial charge in [-0.3, -0.25) is 4.79 Å². The zero-order valence-corrected chi connectivity index (χ0v) is 13.1. The number of hydrogen-bond donors (Lipinski definition) is 2. The van der Waals surface area contributed by atoms with Crippen LogP contribution in [0, 0.1) is 0 Å². The number of nitrogens with one attached hydrogen (secondary N) is 1. The number of aliphatic carboxylic acids is 1. The Morgan fingerprint density at radius 1 is 1.46 bits per heavy atom. The van der Waals surface area contributed by atoms with Gasteiger partial charge in [0.05, 0.1) is 12.2 Å². The van der Waals surface area contributed by atoms with E-state index < -0.39 is 41.6 Å². The summed E-state index contributed by atoms with van der Waals surface area (Å²) in [6.07, 6.45) is -3.85. The standard InChI is InChI=1S/C13H17F3N4O4/c1-11(2)6-12(10(22)23,3-4-24-11)18-8(21)5-20-7-17-9(19-20)13(14,15)16/h7H,3-6H2,1-2H3,(H,18,21)(H,22,23). The fourth-order valence-corrected chi connectivity index (χ4v) is 2.66. The van der Waals surface area contributed by atoms with Crippen LogP contribution in [-0.4, -0.2) is 49.5 Å². The van der Waals surface area contributed by atoms with Crippen molar-refractivity contribution in [3.8, 4) is 0 Å². The summed E-state index contributed by atoms with van der Waals surface area (Å²) in [6.45, 7) is 2.96. The highest BCUT2D eigenvalue weighted by Gasteiger charge is 2.47. The number of amides is 1. The Hall–Kier alpha value is -2.17. The number of alkyl halides is 3. The Morgan fingerprint density at radius 2 is 2.12 bits per heavy atom. The maximum Gasteiger partial charge on any atom is 0.453 e. The van der Waals surface area contributed by atoms with Crippen molar-refractivity contribution in [1.82, 2.24) is 20.1 Å². The summed E-state index contributed by atoms with van der Waals surface area (Å²) in [5.41, 5.74) is -2.28. The second-order valence-electron chi connectivity index (χ2n) is 6.23. The van der Waals surface area contributed by atoms with Crippen LogP contribution in [0.15, 0.2) is 6.33 Å². The molecule has 1 aliphatic rings. The third kappa shape index (κ3) is 4.02. The van der Waals surface area contributed by atoms with Crippen molar-refractivity contribution in [2.75, 3.05) is 6.61 Å². The van der Waals surface area contributed by atoms with Crippen molar-refractivity contribution in [3.05, 3.63) is 12.2 Å². The minimum absolute atomic E-state index is 0.0340. The molecule has 0 radical (unpaired) electrons. The van der Waals surface area contributed by atoms with E-state index in [2.05, 4.69) is 15.4 Å². The van der Waals surface area contributed by atoms with E-state index in [0.717, 1.165) is 6.33 Å². The van der Waals surface area contributed by atoms with Crippen LogP contribution in [0.1, 0.15) is 32.5 Å². The molecule has 0 aromatic carbocycles. The van der Waals surface area contributed by atoms with Gasteiger partial charge in [-0.15, -0.1) is 5.10 Å². The van der Waals surface area contributed by atoms with Crippen molar-refractivity contribution < 1.29 is 32.6 Å². The number of carbonyl (C=O) groups is 2. The average Bonchev–Trinajstić information content (AvgIpc) is 2.85. The van der Waals surface area contributed by atoms with E-state index in [9.17, 15) is 27.9 Å². The minimum atomic E-state index is -4.71. The lowest BCUT2D eigenvalue weighted by atomic mass is 9.81. The summed E-state index contributed by atoms with van der Waals surface area (Å²) >= 11 is 0. The summed E-state index contributed by atoms with van der Waals surface area (Å²) in [7, 11) is 0. The summed E-state index contributed by atoms with van der Waals surface area (Å²) < 4.78 is 43.5. The van der Waals surface area contributed by atoms with Crippen LogP contribution in [0.2, 0.25) is 0 Å². The molecule has 1 amide bonds. The zero-order valence-electron chi connectivity index (χ0n) is 13.1. The van der Waals surface area contributed by atoms with E-state index in [0.29, 0.717) is 4.68 Å². The van der Waals surface area contributed by atoms with Crippen LogP contribution in [-0.2, 0) is 27.0 Å². The van der Waals surface area contributed by atoms with Gasteiger partial charge in [0.25, 0.3) is 5.82 Å². The van der Waals surface area contributed by atoms with Crippen LogP contribution >= 0.6 is 0 Å². The van der Waals surface area contributed by atoms with Crippen molar-refractivity contribution in [1.29, 1.82) is 0 Å². The van der Waals surface area contributed by atoms with Gasteiger partial charge in [0.2, 0.25) is 5.91 Å². The normalized spacial score (nSPS) is 23.7. The maximum absolute atomic E-state index is 12.4. The predicted molar refractivity (Wildman–Crippen MR) is 72.8 cm³/mol. The smallest absolute Gasteiger partial charge is 0.453 e. The van der Waals surface area contributed by atoms with Crippen LogP contribution < -0.4 is 5.32 Å². The van der Waals surface area contributed by atoms with Gasteiger partial charge in [-0.2, -0.15) is 13.2 Å². The highest BCUT2D eigenvalue weighted by molar-refractivity contribution is 5.87. The molecule has 1 aliphatic heterocycles. The minimum Gasteiger partial charge on any atom is -0.480 e. The van der Waals surface area contributed by atoms with Gasteiger partial charge in [-0.25, -0.2) is 14.5 Å². The number of nitrogens with zero attached hydrogens (tertiary/aromatic N) is 3. The van der Waals surface area contributed by atoms with Gasteiger partial charge < -0.3 is 15.2 Å².